The van der Waals surface area contributed by atoms with Gasteiger partial charge in [-0.2, -0.15) is 4.39 Å². The second-order valence-corrected chi connectivity index (χ2v) is 7.67. The lowest BCUT2D eigenvalue weighted by Gasteiger charge is -2.31. The van der Waals surface area contributed by atoms with E-state index in [9.17, 15) is 14.0 Å². The normalized spacial score (nSPS) is 14.7. The standard InChI is InChI=1S/C20H19FN4O4S/c1-2-28-20(27)14-10-16(29-24-14)15-11-30-18(23-15)12-5-8-25(9-6-12)19(26)13-4-3-7-22-17(13)21/h3-4,7,10-12H,2,5-6,8-9H2,1H3. The number of carbonyl (C=O) groups excluding carboxylic acids is 2. The maximum Gasteiger partial charge on any atom is 0.360 e. The van der Waals surface area contributed by atoms with E-state index in [1.165, 1.54) is 29.7 Å². The summed E-state index contributed by atoms with van der Waals surface area (Å²) in [4.78, 5) is 34.1. The largest absolute Gasteiger partial charge is 0.461 e. The smallest absolute Gasteiger partial charge is 0.360 e. The van der Waals surface area contributed by atoms with Gasteiger partial charge in [0, 0.05) is 36.7 Å². The third-order valence-electron chi connectivity index (χ3n) is 4.89. The Bertz CT molecular complexity index is 1060. The van der Waals surface area contributed by atoms with Crippen molar-refractivity contribution < 1.29 is 23.2 Å². The van der Waals surface area contributed by atoms with Crippen LogP contribution >= 0.6 is 11.3 Å². The molecular weight excluding hydrogens is 411 g/mol. The maximum atomic E-state index is 13.8. The van der Waals surface area contributed by atoms with E-state index in [4.69, 9.17) is 9.26 Å². The minimum atomic E-state index is -0.747. The van der Waals surface area contributed by atoms with Gasteiger partial charge in [-0.25, -0.2) is 14.8 Å². The van der Waals surface area contributed by atoms with Crippen LogP contribution in [0.5, 0.6) is 0 Å². The van der Waals surface area contributed by atoms with Crippen LogP contribution in [0.2, 0.25) is 0 Å². The SMILES string of the molecule is CCOC(=O)c1cc(-c2csc(C3CCN(C(=O)c4cccnc4F)CC3)n2)on1. The van der Waals surface area contributed by atoms with Gasteiger partial charge >= 0.3 is 5.97 Å². The Morgan fingerprint density at radius 1 is 1.37 bits per heavy atom. The summed E-state index contributed by atoms with van der Waals surface area (Å²) < 4.78 is 23.9. The summed E-state index contributed by atoms with van der Waals surface area (Å²) in [5.41, 5.74) is 0.708. The number of halogens is 1. The van der Waals surface area contributed by atoms with E-state index in [0.717, 1.165) is 17.8 Å². The van der Waals surface area contributed by atoms with Crippen LogP contribution < -0.4 is 0 Å². The fourth-order valence-electron chi connectivity index (χ4n) is 3.33. The molecule has 10 heteroatoms. The number of aromatic nitrogens is 3. The number of ether oxygens (including phenoxy) is 1. The summed E-state index contributed by atoms with van der Waals surface area (Å²) in [6.07, 6.45) is 2.78. The lowest BCUT2D eigenvalue weighted by molar-refractivity contribution is 0.0514. The Kier molecular flexibility index (Phi) is 5.84. The molecule has 0 bridgehead atoms. The zero-order valence-corrected chi connectivity index (χ0v) is 17.0. The molecule has 8 nitrogen and oxygen atoms in total. The topological polar surface area (TPSA) is 98.4 Å². The first-order chi connectivity index (χ1) is 14.6. The van der Waals surface area contributed by atoms with Crippen LogP contribution in [0.4, 0.5) is 4.39 Å². The number of carbonyl (C=O) groups is 2. The maximum absolute atomic E-state index is 13.8. The number of amides is 1. The first-order valence-electron chi connectivity index (χ1n) is 9.56. The summed E-state index contributed by atoms with van der Waals surface area (Å²) in [5.74, 6) is -1.03. The molecule has 3 aromatic rings. The van der Waals surface area contributed by atoms with E-state index >= 15 is 0 Å². The number of esters is 1. The molecule has 0 N–H and O–H groups in total. The minimum absolute atomic E-state index is 0.00444. The van der Waals surface area contributed by atoms with Crippen molar-refractivity contribution >= 4 is 23.2 Å². The van der Waals surface area contributed by atoms with E-state index in [0.29, 0.717) is 24.5 Å². The van der Waals surface area contributed by atoms with Crippen LogP contribution in [-0.4, -0.2) is 51.6 Å². The highest BCUT2D eigenvalue weighted by Gasteiger charge is 2.28. The van der Waals surface area contributed by atoms with Crippen molar-refractivity contribution in [1.82, 2.24) is 20.0 Å². The van der Waals surface area contributed by atoms with Crippen LogP contribution in [-0.2, 0) is 4.74 Å². The van der Waals surface area contributed by atoms with Gasteiger partial charge in [-0.15, -0.1) is 11.3 Å². The number of likely N-dealkylation sites (tertiary alicyclic amines) is 1. The molecule has 1 amide bonds. The number of piperidine rings is 1. The molecule has 0 atom stereocenters. The third-order valence-corrected chi connectivity index (χ3v) is 5.90. The Morgan fingerprint density at radius 3 is 2.90 bits per heavy atom. The minimum Gasteiger partial charge on any atom is -0.461 e. The van der Waals surface area contributed by atoms with Crippen LogP contribution in [0.1, 0.15) is 51.5 Å². The fourth-order valence-corrected chi connectivity index (χ4v) is 4.31. The predicted molar refractivity (Wildman–Crippen MR) is 106 cm³/mol. The zero-order chi connectivity index (χ0) is 21.1. The first kappa shape index (κ1) is 20.1. The van der Waals surface area contributed by atoms with Gasteiger partial charge in [0.2, 0.25) is 5.95 Å². The third kappa shape index (κ3) is 4.09. The highest BCUT2D eigenvalue weighted by molar-refractivity contribution is 7.10. The average molecular weight is 430 g/mol. The zero-order valence-electron chi connectivity index (χ0n) is 16.2. The summed E-state index contributed by atoms with van der Waals surface area (Å²) in [5, 5.41) is 6.52. The molecule has 0 aromatic carbocycles. The van der Waals surface area contributed by atoms with Crippen molar-refractivity contribution in [2.75, 3.05) is 19.7 Å². The summed E-state index contributed by atoms with van der Waals surface area (Å²) in [6.45, 7) is 3.01. The Balaban J connectivity index is 1.39. The number of rotatable bonds is 5. The molecule has 0 aliphatic carbocycles. The summed E-state index contributed by atoms with van der Waals surface area (Å²) in [6, 6.07) is 4.52. The van der Waals surface area contributed by atoms with Crippen LogP contribution in [0.15, 0.2) is 34.3 Å². The number of hydrogen-bond acceptors (Lipinski definition) is 8. The summed E-state index contributed by atoms with van der Waals surface area (Å²) >= 11 is 1.50. The van der Waals surface area contributed by atoms with E-state index in [1.807, 2.05) is 5.38 Å². The molecule has 1 fully saturated rings. The number of thiazole rings is 1. The number of pyridine rings is 1. The molecule has 30 heavy (non-hydrogen) atoms. The number of hydrogen-bond donors (Lipinski definition) is 0. The van der Waals surface area contributed by atoms with Crippen LogP contribution in [0, 0.1) is 5.95 Å². The van der Waals surface area contributed by atoms with Crippen molar-refractivity contribution in [3.8, 4) is 11.5 Å². The van der Waals surface area contributed by atoms with Gasteiger partial charge in [0.05, 0.1) is 17.2 Å². The molecule has 3 aromatic heterocycles. The quantitative estimate of drug-likeness (QED) is 0.451. The highest BCUT2D eigenvalue weighted by Crippen LogP contribution is 2.33. The molecule has 0 radical (unpaired) electrons. The molecular formula is C20H19FN4O4S. The van der Waals surface area contributed by atoms with Crippen molar-refractivity contribution in [1.29, 1.82) is 0 Å². The molecule has 1 saturated heterocycles. The molecule has 0 saturated carbocycles. The van der Waals surface area contributed by atoms with Gasteiger partial charge in [-0.1, -0.05) is 5.16 Å². The molecule has 4 rings (SSSR count). The lowest BCUT2D eigenvalue weighted by atomic mass is 9.97. The van der Waals surface area contributed by atoms with E-state index in [1.54, 1.807) is 17.9 Å². The van der Waals surface area contributed by atoms with Crippen molar-refractivity contribution in [3.05, 3.63) is 52.0 Å². The van der Waals surface area contributed by atoms with E-state index in [2.05, 4.69) is 15.1 Å². The Hall–Kier alpha value is -3.14. The van der Waals surface area contributed by atoms with Gasteiger partial charge in [0.1, 0.15) is 5.69 Å². The van der Waals surface area contributed by atoms with Gasteiger partial charge in [-0.3, -0.25) is 4.79 Å². The molecule has 0 spiro atoms. The highest BCUT2D eigenvalue weighted by atomic mass is 32.1. The fraction of sp³-hybridized carbons (Fsp3) is 0.350. The first-order valence-corrected chi connectivity index (χ1v) is 10.4. The van der Waals surface area contributed by atoms with Crippen LogP contribution in [0.3, 0.4) is 0 Å². The molecule has 1 aliphatic rings. The van der Waals surface area contributed by atoms with Crippen molar-refractivity contribution in [2.24, 2.45) is 0 Å². The Morgan fingerprint density at radius 2 is 2.17 bits per heavy atom. The predicted octanol–water partition coefficient (Wildman–Crippen LogP) is 3.53. The van der Waals surface area contributed by atoms with Gasteiger partial charge in [-0.05, 0) is 31.9 Å². The van der Waals surface area contributed by atoms with Gasteiger partial charge in [0.15, 0.2) is 11.5 Å². The second-order valence-electron chi connectivity index (χ2n) is 6.78. The van der Waals surface area contributed by atoms with Crippen molar-refractivity contribution in [2.45, 2.75) is 25.7 Å². The van der Waals surface area contributed by atoms with Gasteiger partial charge < -0.3 is 14.2 Å². The monoisotopic (exact) mass is 430 g/mol. The van der Waals surface area contributed by atoms with Gasteiger partial charge in [0.25, 0.3) is 5.91 Å². The van der Waals surface area contributed by atoms with Crippen LogP contribution in [0.25, 0.3) is 11.5 Å². The summed E-state index contributed by atoms with van der Waals surface area (Å²) in [7, 11) is 0. The van der Waals surface area contributed by atoms with E-state index in [-0.39, 0.29) is 29.7 Å². The average Bonchev–Trinajstić information content (AvgIpc) is 3.44. The lowest BCUT2D eigenvalue weighted by Crippen LogP contribution is -2.38. The molecule has 156 valence electrons. The van der Waals surface area contributed by atoms with E-state index < -0.39 is 11.9 Å². The molecule has 4 heterocycles. The number of nitrogens with zero attached hydrogens (tertiary/aromatic N) is 4. The molecule has 0 unspecified atom stereocenters. The second kappa shape index (κ2) is 8.70. The Labute approximate surface area is 175 Å². The van der Waals surface area contributed by atoms with Crippen molar-refractivity contribution in [3.63, 3.8) is 0 Å². The molecule has 1 aliphatic heterocycles.